The van der Waals surface area contributed by atoms with Gasteiger partial charge in [0.15, 0.2) is 11.9 Å². The number of rotatable bonds is 6. The Bertz CT molecular complexity index is 1060. The molecule has 0 fully saturated rings. The third-order valence-electron chi connectivity index (χ3n) is 4.48. The van der Waals surface area contributed by atoms with Gasteiger partial charge in [-0.15, -0.1) is 0 Å². The molecule has 4 nitrogen and oxygen atoms in total. The highest BCUT2D eigenvalue weighted by Crippen LogP contribution is 2.30. The summed E-state index contributed by atoms with van der Waals surface area (Å²) in [7, 11) is -4.16. The lowest BCUT2D eigenvalue weighted by Gasteiger charge is -2.19. The molecule has 3 aromatic carbocycles. The fourth-order valence-electron chi connectivity index (χ4n) is 3.37. The molecule has 28 heavy (non-hydrogen) atoms. The number of Topliss-reactive ketones (excluding diaryl/α,β-unsaturated/α-hetero) is 1. The van der Waals surface area contributed by atoms with E-state index in [9.17, 15) is 13.2 Å². The molecular weight excluding hydrogens is 372 g/mol. The lowest BCUT2D eigenvalue weighted by atomic mass is 10.0. The van der Waals surface area contributed by atoms with E-state index in [4.69, 9.17) is 4.18 Å². The molecule has 0 radical (unpaired) electrons. The first-order chi connectivity index (χ1) is 13.3. The van der Waals surface area contributed by atoms with Crippen molar-refractivity contribution in [2.75, 3.05) is 0 Å². The van der Waals surface area contributed by atoms with Crippen molar-refractivity contribution < 1.29 is 17.4 Å². The van der Waals surface area contributed by atoms with E-state index in [1.807, 2.05) is 6.92 Å². The van der Waals surface area contributed by atoms with Crippen molar-refractivity contribution in [1.82, 2.24) is 0 Å². The van der Waals surface area contributed by atoms with Crippen molar-refractivity contribution in [3.8, 4) is 0 Å². The van der Waals surface area contributed by atoms with Crippen LogP contribution in [0.4, 0.5) is 0 Å². The number of hydrogen-bond donors (Lipinski definition) is 0. The lowest BCUT2D eigenvalue weighted by Crippen LogP contribution is -2.21. The van der Waals surface area contributed by atoms with E-state index < -0.39 is 22.0 Å². The van der Waals surface area contributed by atoms with Crippen LogP contribution in [0.3, 0.4) is 0 Å². The van der Waals surface area contributed by atoms with Gasteiger partial charge in [-0.1, -0.05) is 78.4 Å². The molecule has 0 saturated carbocycles. The third-order valence-corrected chi connectivity index (χ3v) is 6.07. The summed E-state index contributed by atoms with van der Waals surface area (Å²) in [5.74, 6) is -0.405. The van der Waals surface area contributed by atoms with Gasteiger partial charge in [-0.2, -0.15) is 8.42 Å². The monoisotopic (exact) mass is 394 g/mol. The van der Waals surface area contributed by atoms with Crippen molar-refractivity contribution in [2.45, 2.75) is 31.8 Å². The van der Waals surface area contributed by atoms with E-state index in [1.165, 1.54) is 0 Å². The standard InChI is InChI=1S/C23H22O4S/c1-16-14-17(2)23(18(3)15-16)28(25,26)27-22(20-12-8-5-9-13-20)21(24)19-10-6-4-7-11-19/h4-15,22H,1-3H3. The summed E-state index contributed by atoms with van der Waals surface area (Å²) in [4.78, 5) is 13.2. The highest BCUT2D eigenvalue weighted by molar-refractivity contribution is 7.86. The van der Waals surface area contributed by atoms with E-state index in [0.29, 0.717) is 22.3 Å². The summed E-state index contributed by atoms with van der Waals surface area (Å²) >= 11 is 0. The second kappa shape index (κ2) is 8.09. The molecule has 144 valence electrons. The van der Waals surface area contributed by atoms with Crippen LogP contribution >= 0.6 is 0 Å². The first-order valence-corrected chi connectivity index (χ1v) is 10.4. The van der Waals surface area contributed by atoms with Gasteiger partial charge >= 0.3 is 0 Å². The van der Waals surface area contributed by atoms with Gasteiger partial charge in [-0.05, 0) is 37.5 Å². The van der Waals surface area contributed by atoms with E-state index in [2.05, 4.69) is 0 Å². The Morgan fingerprint density at radius 2 is 1.32 bits per heavy atom. The van der Waals surface area contributed by atoms with Crippen molar-refractivity contribution >= 4 is 15.9 Å². The van der Waals surface area contributed by atoms with Crippen LogP contribution in [0.25, 0.3) is 0 Å². The minimum absolute atomic E-state index is 0.111. The maximum Gasteiger partial charge on any atom is 0.298 e. The molecule has 0 aliphatic carbocycles. The van der Waals surface area contributed by atoms with Crippen molar-refractivity contribution in [2.24, 2.45) is 0 Å². The molecule has 0 bridgehead atoms. The van der Waals surface area contributed by atoms with E-state index >= 15 is 0 Å². The van der Waals surface area contributed by atoms with Crippen LogP contribution in [0.1, 0.15) is 38.7 Å². The molecule has 1 unspecified atom stereocenters. The van der Waals surface area contributed by atoms with Crippen molar-refractivity contribution in [3.63, 3.8) is 0 Å². The van der Waals surface area contributed by atoms with Crippen LogP contribution in [-0.2, 0) is 14.3 Å². The van der Waals surface area contributed by atoms with Gasteiger partial charge in [-0.3, -0.25) is 4.79 Å². The summed E-state index contributed by atoms with van der Waals surface area (Å²) in [6, 6.07) is 20.8. The molecular formula is C23H22O4S. The SMILES string of the molecule is Cc1cc(C)c(S(=O)(=O)OC(C(=O)c2ccccc2)c2ccccc2)c(C)c1. The van der Waals surface area contributed by atoms with Gasteiger partial charge < -0.3 is 0 Å². The van der Waals surface area contributed by atoms with Gasteiger partial charge in [0.05, 0.1) is 4.90 Å². The topological polar surface area (TPSA) is 60.4 Å². The zero-order valence-corrected chi connectivity index (χ0v) is 16.9. The molecule has 5 heteroatoms. The quantitative estimate of drug-likeness (QED) is 0.439. The summed E-state index contributed by atoms with van der Waals surface area (Å²) in [6.07, 6.45) is -1.26. The second-order valence-electron chi connectivity index (χ2n) is 6.80. The molecule has 0 aromatic heterocycles. The molecule has 1 atom stereocenters. The Morgan fingerprint density at radius 1 is 0.821 bits per heavy atom. The summed E-state index contributed by atoms with van der Waals surface area (Å²) < 4.78 is 31.8. The molecule has 0 spiro atoms. The Morgan fingerprint density at radius 3 is 1.86 bits per heavy atom. The Balaban J connectivity index is 2.06. The number of hydrogen-bond acceptors (Lipinski definition) is 4. The predicted octanol–water partition coefficient (Wildman–Crippen LogP) is 4.94. The van der Waals surface area contributed by atoms with Crippen LogP contribution < -0.4 is 0 Å². The first-order valence-electron chi connectivity index (χ1n) is 8.95. The Hall–Kier alpha value is -2.76. The van der Waals surface area contributed by atoms with Crippen molar-refractivity contribution in [1.29, 1.82) is 0 Å². The fourth-order valence-corrected chi connectivity index (χ4v) is 4.82. The first kappa shape index (κ1) is 20.0. The number of aryl methyl sites for hydroxylation is 3. The van der Waals surface area contributed by atoms with Crippen LogP contribution in [-0.4, -0.2) is 14.2 Å². The van der Waals surface area contributed by atoms with Gasteiger partial charge in [0.2, 0.25) is 0 Å². The highest BCUT2D eigenvalue weighted by Gasteiger charge is 2.31. The molecule has 3 aromatic rings. The van der Waals surface area contributed by atoms with Crippen LogP contribution in [0.2, 0.25) is 0 Å². The third kappa shape index (κ3) is 4.21. The second-order valence-corrected chi connectivity index (χ2v) is 8.31. The maximum atomic E-state index is 13.1. The number of carbonyl (C=O) groups is 1. The smallest absolute Gasteiger partial charge is 0.291 e. The molecule has 0 saturated heterocycles. The summed E-state index contributed by atoms with van der Waals surface area (Å²) in [5.41, 5.74) is 3.04. The van der Waals surface area contributed by atoms with Crippen LogP contribution in [0.5, 0.6) is 0 Å². The predicted molar refractivity (Wildman–Crippen MR) is 109 cm³/mol. The van der Waals surface area contributed by atoms with Crippen LogP contribution in [0.15, 0.2) is 77.7 Å². The Kier molecular flexibility index (Phi) is 5.77. The number of benzene rings is 3. The van der Waals surface area contributed by atoms with E-state index in [0.717, 1.165) is 5.56 Å². The molecule has 0 amide bonds. The molecule has 0 aliphatic rings. The zero-order valence-electron chi connectivity index (χ0n) is 16.0. The Labute approximate surface area is 165 Å². The van der Waals surface area contributed by atoms with E-state index in [-0.39, 0.29) is 4.90 Å². The lowest BCUT2D eigenvalue weighted by molar-refractivity contribution is 0.0801. The number of carbonyl (C=O) groups excluding carboxylic acids is 1. The van der Waals surface area contributed by atoms with E-state index in [1.54, 1.807) is 86.6 Å². The largest absolute Gasteiger partial charge is 0.298 e. The fraction of sp³-hybridized carbons (Fsp3) is 0.174. The van der Waals surface area contributed by atoms with Gasteiger partial charge in [-0.25, -0.2) is 4.18 Å². The van der Waals surface area contributed by atoms with Gasteiger partial charge in [0.1, 0.15) is 0 Å². The zero-order chi connectivity index (χ0) is 20.3. The average Bonchev–Trinajstić information content (AvgIpc) is 2.66. The summed E-state index contributed by atoms with van der Waals surface area (Å²) in [6.45, 7) is 5.36. The normalized spacial score (nSPS) is 12.5. The maximum absolute atomic E-state index is 13.1. The summed E-state index contributed by atoms with van der Waals surface area (Å²) in [5, 5.41) is 0. The molecule has 0 aliphatic heterocycles. The average molecular weight is 394 g/mol. The highest BCUT2D eigenvalue weighted by atomic mass is 32.2. The molecule has 0 heterocycles. The number of ketones is 1. The van der Waals surface area contributed by atoms with Crippen LogP contribution in [0, 0.1) is 20.8 Å². The van der Waals surface area contributed by atoms with Gasteiger partial charge in [0, 0.05) is 5.56 Å². The van der Waals surface area contributed by atoms with Crippen molar-refractivity contribution in [3.05, 3.63) is 101 Å². The molecule has 3 rings (SSSR count). The molecule has 0 N–H and O–H groups in total. The minimum Gasteiger partial charge on any atom is -0.291 e. The minimum atomic E-state index is -4.16. The van der Waals surface area contributed by atoms with Gasteiger partial charge in [0.25, 0.3) is 10.1 Å².